The number of aliphatic imine (C=N–C) groups is 2. The van der Waals surface area contributed by atoms with Gasteiger partial charge < -0.3 is 24.4 Å². The van der Waals surface area contributed by atoms with E-state index in [9.17, 15) is 4.79 Å². The number of carbonyl (C=O) groups excluding carboxylic acids is 1. The second-order valence-electron chi connectivity index (χ2n) is 9.84. The Morgan fingerprint density at radius 1 is 1.20 bits per heavy atom. The van der Waals surface area contributed by atoms with Crippen molar-refractivity contribution >= 4 is 47.3 Å². The summed E-state index contributed by atoms with van der Waals surface area (Å²) in [6.45, 7) is 14.8. The Labute approximate surface area is 243 Å². The van der Waals surface area contributed by atoms with Gasteiger partial charge >= 0.3 is 0 Å². The van der Waals surface area contributed by atoms with Crippen molar-refractivity contribution in [3.8, 4) is 11.5 Å². The van der Waals surface area contributed by atoms with Crippen LogP contribution in [0.3, 0.4) is 0 Å². The number of amidine groups is 1. The highest BCUT2D eigenvalue weighted by atomic mass is 35.5. The van der Waals surface area contributed by atoms with Gasteiger partial charge in [0, 0.05) is 55.1 Å². The number of halogens is 3. The first kappa shape index (κ1) is 29.8. The van der Waals surface area contributed by atoms with Crippen LogP contribution in [0, 0.1) is 11.8 Å². The molecule has 1 saturated carbocycles. The number of nitrogens with one attached hydrogen (secondary N) is 1. The van der Waals surface area contributed by atoms with E-state index >= 15 is 4.39 Å². The number of piperidine rings is 2. The Balaban J connectivity index is 1.69. The Morgan fingerprint density at radius 3 is 2.45 bits per heavy atom. The van der Waals surface area contributed by atoms with Gasteiger partial charge in [-0.3, -0.25) is 14.8 Å². The molecule has 40 heavy (non-hydrogen) atoms. The highest BCUT2D eigenvalue weighted by Crippen LogP contribution is 2.45. The first-order chi connectivity index (χ1) is 19.2. The van der Waals surface area contributed by atoms with Crippen LogP contribution in [0.5, 0.6) is 11.5 Å². The molecule has 11 heteroatoms. The number of carbonyl (C=O) groups is 1. The predicted octanol–water partition coefficient (Wildman–Crippen LogP) is 5.64. The summed E-state index contributed by atoms with van der Waals surface area (Å²) >= 11 is 11.9. The van der Waals surface area contributed by atoms with Crippen molar-refractivity contribution in [2.24, 2.45) is 21.8 Å². The fourth-order valence-electron chi connectivity index (χ4n) is 5.17. The van der Waals surface area contributed by atoms with Gasteiger partial charge in [0.05, 0.1) is 29.6 Å². The zero-order valence-electron chi connectivity index (χ0n) is 22.6. The molecule has 0 unspecified atom stereocenters. The number of ether oxygens (including phenoxy) is 3. The summed E-state index contributed by atoms with van der Waals surface area (Å²) < 4.78 is 33.4. The molecule has 0 spiro atoms. The Morgan fingerprint density at radius 2 is 1.90 bits per heavy atom. The first-order valence-corrected chi connectivity index (χ1v) is 13.7. The van der Waals surface area contributed by atoms with Crippen molar-refractivity contribution in [2.75, 3.05) is 33.4 Å². The molecule has 5 rings (SSSR count). The van der Waals surface area contributed by atoms with Crippen LogP contribution < -0.4 is 14.8 Å². The molecule has 3 aliphatic heterocycles. The zero-order valence-corrected chi connectivity index (χ0v) is 24.1. The molecule has 1 aromatic rings. The highest BCUT2D eigenvalue weighted by molar-refractivity contribution is 6.40. The molecule has 1 amide bonds. The standard InChI is InChI=1S/C29H33Cl2FN4O4/c1-6-21(27(32)26(31)16(3)30)35-29(34-5)20-11-23(24(12-22(20)33-4)39-19-8-9-38-15-19)40-28-17-10-18(28)14-36(13-17)25(37)7-2/h6-7,11-12,17-19,28H,1-2,4,8-10,13-15H2,3,5H3,(H,34,35)/b26-16-,27-21-/t17-,18+,19-,28+/m1/s1. The minimum Gasteiger partial charge on any atom is -0.486 e. The normalized spacial score (nSPS) is 25.2. The van der Waals surface area contributed by atoms with Gasteiger partial charge in [-0.2, -0.15) is 0 Å². The van der Waals surface area contributed by atoms with Crippen LogP contribution in [0.1, 0.15) is 25.3 Å². The molecule has 4 atom stereocenters. The summed E-state index contributed by atoms with van der Waals surface area (Å²) in [5.74, 6) is 0.768. The van der Waals surface area contributed by atoms with Crippen LogP contribution in [-0.4, -0.2) is 68.9 Å². The third-order valence-corrected chi connectivity index (χ3v) is 8.01. The molecule has 1 aromatic carbocycles. The van der Waals surface area contributed by atoms with Crippen molar-refractivity contribution in [3.63, 3.8) is 0 Å². The van der Waals surface area contributed by atoms with Crippen molar-refractivity contribution in [1.82, 2.24) is 10.2 Å². The lowest BCUT2D eigenvalue weighted by Gasteiger charge is -2.52. The lowest BCUT2D eigenvalue weighted by Crippen LogP contribution is -2.61. The minimum atomic E-state index is -0.781. The van der Waals surface area contributed by atoms with Crippen LogP contribution in [0.4, 0.5) is 10.1 Å². The quantitative estimate of drug-likeness (QED) is 0.165. The summed E-state index contributed by atoms with van der Waals surface area (Å²) in [6, 6.07) is 3.49. The Hall–Kier alpha value is -3.14. The molecule has 3 heterocycles. The zero-order chi connectivity index (χ0) is 29.0. The van der Waals surface area contributed by atoms with Gasteiger partial charge in [0.15, 0.2) is 17.3 Å². The molecule has 214 valence electrons. The van der Waals surface area contributed by atoms with Crippen molar-refractivity contribution in [2.45, 2.75) is 32.0 Å². The first-order valence-electron chi connectivity index (χ1n) is 13.0. The van der Waals surface area contributed by atoms with E-state index in [2.05, 4.69) is 35.2 Å². The Kier molecular flexibility index (Phi) is 9.71. The van der Waals surface area contributed by atoms with E-state index in [0.29, 0.717) is 49.1 Å². The number of nitrogens with zero attached hydrogens (tertiary/aromatic N) is 3. The second kappa shape index (κ2) is 13.0. The molecule has 1 aliphatic carbocycles. The van der Waals surface area contributed by atoms with Crippen molar-refractivity contribution in [3.05, 3.63) is 64.6 Å². The predicted molar refractivity (Wildman–Crippen MR) is 157 cm³/mol. The molecule has 4 aliphatic rings. The van der Waals surface area contributed by atoms with E-state index in [4.69, 9.17) is 37.4 Å². The SMILES string of the molecule is C=CC(=O)N1C[C@H]2C[C@@H](C1)[C@H]2Oc1cc(/C(=N\C)N/C(C=C)=C(F)/C(Cl)=C(\C)Cl)c(N=C)cc1O[C@@H]1CCOC1. The fourth-order valence-corrected chi connectivity index (χ4v) is 5.35. The van der Waals surface area contributed by atoms with Crippen molar-refractivity contribution in [1.29, 1.82) is 0 Å². The van der Waals surface area contributed by atoms with Crippen LogP contribution in [0.15, 0.2) is 69.0 Å². The number of allylic oxidation sites excluding steroid dienone is 4. The number of amides is 1. The molecule has 8 nitrogen and oxygen atoms in total. The summed E-state index contributed by atoms with van der Waals surface area (Å²) in [5, 5.41) is 2.80. The minimum absolute atomic E-state index is 0.0213. The largest absolute Gasteiger partial charge is 0.486 e. The molecule has 4 fully saturated rings. The molecule has 1 N–H and O–H groups in total. The van der Waals surface area contributed by atoms with Gasteiger partial charge in [0.25, 0.3) is 0 Å². The molecule has 3 saturated heterocycles. The molecule has 2 bridgehead atoms. The summed E-state index contributed by atoms with van der Waals surface area (Å²) in [7, 11) is 1.56. The van der Waals surface area contributed by atoms with Crippen LogP contribution in [0.25, 0.3) is 0 Å². The van der Waals surface area contributed by atoms with Gasteiger partial charge in [-0.25, -0.2) is 4.39 Å². The number of hydrogen-bond donors (Lipinski definition) is 1. The van der Waals surface area contributed by atoms with E-state index in [0.717, 1.165) is 12.8 Å². The van der Waals surface area contributed by atoms with Gasteiger partial charge in [-0.15, -0.1) is 0 Å². The van der Waals surface area contributed by atoms with Crippen LogP contribution in [-0.2, 0) is 9.53 Å². The summed E-state index contributed by atoms with van der Waals surface area (Å²) in [6.07, 6.45) is 4.11. The second-order valence-corrected chi connectivity index (χ2v) is 10.8. The topological polar surface area (TPSA) is 84.8 Å². The van der Waals surface area contributed by atoms with E-state index in [1.165, 1.54) is 19.1 Å². The van der Waals surface area contributed by atoms with Gasteiger partial charge in [-0.1, -0.05) is 36.4 Å². The van der Waals surface area contributed by atoms with Gasteiger partial charge in [0.1, 0.15) is 18.0 Å². The van der Waals surface area contributed by atoms with Crippen molar-refractivity contribution < 1.29 is 23.4 Å². The van der Waals surface area contributed by atoms with Gasteiger partial charge in [0.2, 0.25) is 5.91 Å². The monoisotopic (exact) mass is 590 g/mol. The van der Waals surface area contributed by atoms with E-state index in [1.807, 2.05) is 0 Å². The molecule has 0 aromatic heterocycles. The summed E-state index contributed by atoms with van der Waals surface area (Å²) in [5.41, 5.74) is 0.933. The number of fused-ring (bicyclic) bond motifs is 2. The Bertz CT molecular complexity index is 1270. The number of hydrogen-bond acceptors (Lipinski definition) is 6. The molecular weight excluding hydrogens is 558 g/mol. The van der Waals surface area contributed by atoms with E-state index in [1.54, 1.807) is 24.1 Å². The summed E-state index contributed by atoms with van der Waals surface area (Å²) in [4.78, 5) is 22.5. The van der Waals surface area contributed by atoms with Crippen LogP contribution >= 0.6 is 23.2 Å². The fraction of sp³-hybridized carbons (Fsp3) is 0.414. The average Bonchev–Trinajstić information content (AvgIpc) is 3.48. The van der Waals surface area contributed by atoms with Crippen LogP contribution in [0.2, 0.25) is 0 Å². The van der Waals surface area contributed by atoms with E-state index < -0.39 is 5.83 Å². The molecular formula is C29H33Cl2FN4O4. The highest BCUT2D eigenvalue weighted by Gasteiger charge is 2.49. The average molecular weight is 592 g/mol. The lowest BCUT2D eigenvalue weighted by molar-refractivity contribution is -0.142. The third-order valence-electron chi connectivity index (χ3n) is 7.28. The number of rotatable bonds is 10. The lowest BCUT2D eigenvalue weighted by atomic mass is 9.68. The maximum atomic E-state index is 15.0. The third kappa shape index (κ3) is 6.27. The number of benzene rings is 1. The van der Waals surface area contributed by atoms with Gasteiger partial charge in [-0.05, 0) is 38.3 Å². The smallest absolute Gasteiger partial charge is 0.245 e. The van der Waals surface area contributed by atoms with E-state index in [-0.39, 0.29) is 51.5 Å². The molecule has 0 radical (unpaired) electrons. The maximum Gasteiger partial charge on any atom is 0.245 e. The maximum absolute atomic E-state index is 15.0.